The van der Waals surface area contributed by atoms with E-state index in [1.807, 2.05) is 11.0 Å². The van der Waals surface area contributed by atoms with Crippen LogP contribution in [0.3, 0.4) is 0 Å². The number of aromatic amines is 1. The van der Waals surface area contributed by atoms with Crippen molar-refractivity contribution in [3.8, 4) is 0 Å². The zero-order valence-corrected chi connectivity index (χ0v) is 21.6. The summed E-state index contributed by atoms with van der Waals surface area (Å²) in [5.41, 5.74) is 2.44. The van der Waals surface area contributed by atoms with E-state index in [1.54, 1.807) is 11.8 Å². The molecule has 1 atom stereocenters. The van der Waals surface area contributed by atoms with Gasteiger partial charge < -0.3 is 15.2 Å². The van der Waals surface area contributed by atoms with E-state index in [0.29, 0.717) is 42.3 Å². The van der Waals surface area contributed by atoms with Crippen LogP contribution < -0.4 is 5.32 Å². The molecule has 3 rings (SSSR count). The molecule has 0 radical (unpaired) electrons. The Morgan fingerprint density at radius 1 is 1.17 bits per heavy atom. The van der Waals surface area contributed by atoms with Crippen molar-refractivity contribution < 1.29 is 13.6 Å². The van der Waals surface area contributed by atoms with Gasteiger partial charge in [-0.2, -0.15) is 0 Å². The molecule has 2 heterocycles. The van der Waals surface area contributed by atoms with Crippen molar-refractivity contribution in [2.24, 2.45) is 5.92 Å². The van der Waals surface area contributed by atoms with Crippen LogP contribution in [0.15, 0.2) is 30.5 Å². The van der Waals surface area contributed by atoms with E-state index in [9.17, 15) is 13.6 Å². The Morgan fingerprint density at radius 3 is 2.46 bits per heavy atom. The number of aromatic nitrogens is 1. The highest BCUT2D eigenvalue weighted by Gasteiger charge is 2.21. The summed E-state index contributed by atoms with van der Waals surface area (Å²) in [6, 6.07) is 8.51. The number of benzene rings is 1. The number of amidine groups is 1. The van der Waals surface area contributed by atoms with Crippen LogP contribution in [0.2, 0.25) is 0 Å². The van der Waals surface area contributed by atoms with Gasteiger partial charge in [-0.15, -0.1) is 0 Å². The van der Waals surface area contributed by atoms with Crippen molar-refractivity contribution >= 4 is 39.3 Å². The van der Waals surface area contributed by atoms with Gasteiger partial charge in [-0.25, -0.2) is 8.78 Å². The van der Waals surface area contributed by atoms with Crippen LogP contribution in [0.1, 0.15) is 39.2 Å². The molecule has 1 aromatic carbocycles. The van der Waals surface area contributed by atoms with E-state index >= 15 is 0 Å². The van der Waals surface area contributed by atoms with Gasteiger partial charge in [-0.3, -0.25) is 20.5 Å². The normalized spacial score (nSPS) is 15.1. The summed E-state index contributed by atoms with van der Waals surface area (Å²) in [6.45, 7) is 8.17. The number of amides is 1. The Morgan fingerprint density at radius 2 is 1.86 bits per heavy atom. The zero-order chi connectivity index (χ0) is 25.8. The number of fused-ring (bicyclic) bond motifs is 1. The number of carbonyl (C=O) groups excluding carboxylic acids is 1. The quantitative estimate of drug-likeness (QED) is 0.222. The summed E-state index contributed by atoms with van der Waals surface area (Å²) in [7, 11) is 0. The third-order valence-electron chi connectivity index (χ3n) is 5.84. The Kier molecular flexibility index (Phi) is 12.2. The van der Waals surface area contributed by atoms with Crippen molar-refractivity contribution in [3.05, 3.63) is 36.0 Å². The van der Waals surface area contributed by atoms with Gasteiger partial charge in [0.25, 0.3) is 6.43 Å². The van der Waals surface area contributed by atoms with Crippen LogP contribution in [-0.2, 0) is 11.2 Å². The predicted octanol–water partition coefficient (Wildman–Crippen LogP) is 4.80. The Hall–Kier alpha value is -2.46. The fourth-order valence-corrected chi connectivity index (χ4v) is 4.58. The lowest BCUT2D eigenvalue weighted by atomic mass is 9.98. The Balaban J connectivity index is 0.000000251. The highest BCUT2D eigenvalue weighted by molar-refractivity contribution is 8.26. The van der Waals surface area contributed by atoms with Crippen LogP contribution in [-0.4, -0.2) is 76.6 Å². The fraction of sp³-hybridized carbons (Fsp3) is 0.560. The standard InChI is InChI=1S/C16H22N2O.C9H16F2N4S/c1-12(2)7-8-14(18-11-19)9-13-10-17-16-6-4-3-5-15(13)16;1-7(12)16-9(13)15-4-2-14(3-5-15)6-8(10)11/h3-6,10-12,14,17H,7-9H2,1-2H3,(H,18,19);8,12-13H,2-6H2,1H3. The number of rotatable bonds is 9. The van der Waals surface area contributed by atoms with Gasteiger partial charge >= 0.3 is 0 Å². The minimum Gasteiger partial charge on any atom is -0.361 e. The number of alkyl halides is 2. The summed E-state index contributed by atoms with van der Waals surface area (Å²) in [5.74, 6) is 0.666. The van der Waals surface area contributed by atoms with Gasteiger partial charge in [-0.1, -0.05) is 32.0 Å². The second-order valence-electron chi connectivity index (χ2n) is 9.16. The molecular weight excluding hydrogens is 470 g/mol. The SMILES string of the molecule is CC(=N)SC(=N)N1CCN(CC(F)F)CC1.CC(C)CCC(Cc1c[nH]c2ccccc12)NC=O. The van der Waals surface area contributed by atoms with Crippen molar-refractivity contribution in [2.45, 2.75) is 52.5 Å². The molecule has 1 unspecified atom stereocenters. The minimum absolute atomic E-state index is 0.183. The van der Waals surface area contributed by atoms with Gasteiger partial charge in [0, 0.05) is 49.3 Å². The number of carbonyl (C=O) groups is 1. The molecule has 1 amide bonds. The molecule has 0 bridgehead atoms. The number of para-hydroxylation sites is 1. The summed E-state index contributed by atoms with van der Waals surface area (Å²) in [6.07, 6.45) is 3.63. The van der Waals surface area contributed by atoms with Gasteiger partial charge in [0.1, 0.15) is 0 Å². The van der Waals surface area contributed by atoms with Gasteiger partial charge in [0.05, 0.1) is 11.6 Å². The summed E-state index contributed by atoms with van der Waals surface area (Å²) >= 11 is 1.10. The van der Waals surface area contributed by atoms with Crippen LogP contribution in [0, 0.1) is 16.7 Å². The topological polar surface area (TPSA) is 99.1 Å². The lowest BCUT2D eigenvalue weighted by Crippen LogP contribution is -2.49. The maximum atomic E-state index is 12.1. The van der Waals surface area contributed by atoms with Gasteiger partial charge in [-0.05, 0) is 55.5 Å². The first-order valence-corrected chi connectivity index (χ1v) is 12.8. The molecular formula is C25H38F2N6OS. The molecule has 1 aliphatic heterocycles. The first-order valence-electron chi connectivity index (χ1n) is 12.0. The monoisotopic (exact) mass is 508 g/mol. The number of H-pyrrole nitrogens is 1. The largest absolute Gasteiger partial charge is 0.361 e. The predicted molar refractivity (Wildman–Crippen MR) is 142 cm³/mol. The molecule has 4 N–H and O–H groups in total. The average Bonchev–Trinajstić information content (AvgIpc) is 3.20. The molecule has 2 aromatic rings. The molecule has 0 saturated carbocycles. The van der Waals surface area contributed by atoms with Crippen LogP contribution in [0.25, 0.3) is 10.9 Å². The molecule has 1 aromatic heterocycles. The molecule has 1 aliphatic rings. The Labute approximate surface area is 211 Å². The Bertz CT molecular complexity index is 943. The first-order chi connectivity index (χ1) is 16.7. The number of thioether (sulfide) groups is 1. The number of piperazine rings is 1. The van der Waals surface area contributed by atoms with E-state index in [0.717, 1.165) is 43.0 Å². The number of hydrogen-bond donors (Lipinski definition) is 4. The molecule has 7 nitrogen and oxygen atoms in total. The summed E-state index contributed by atoms with van der Waals surface area (Å²) in [5, 5.41) is 19.9. The molecule has 10 heteroatoms. The maximum Gasteiger partial charge on any atom is 0.251 e. The second kappa shape index (κ2) is 14.8. The van der Waals surface area contributed by atoms with Crippen LogP contribution in [0.5, 0.6) is 0 Å². The van der Waals surface area contributed by atoms with Gasteiger partial charge in [0.15, 0.2) is 5.17 Å². The highest BCUT2D eigenvalue weighted by Crippen LogP contribution is 2.20. The third kappa shape index (κ3) is 10.4. The number of nitrogens with one attached hydrogen (secondary N) is 4. The molecule has 194 valence electrons. The highest BCUT2D eigenvalue weighted by atomic mass is 32.2. The molecule has 35 heavy (non-hydrogen) atoms. The molecule has 0 aliphatic carbocycles. The second-order valence-corrected chi connectivity index (χ2v) is 10.4. The van der Waals surface area contributed by atoms with E-state index < -0.39 is 6.43 Å². The minimum atomic E-state index is -2.29. The number of nitrogens with zero attached hydrogens (tertiary/aromatic N) is 2. The maximum absolute atomic E-state index is 12.1. The van der Waals surface area contributed by atoms with Crippen LogP contribution >= 0.6 is 11.8 Å². The van der Waals surface area contributed by atoms with Crippen molar-refractivity contribution in [1.29, 1.82) is 10.8 Å². The first kappa shape index (κ1) is 28.8. The van der Waals surface area contributed by atoms with E-state index in [4.69, 9.17) is 10.8 Å². The third-order valence-corrected chi connectivity index (χ3v) is 6.60. The molecule has 1 fully saturated rings. The van der Waals surface area contributed by atoms with Crippen LogP contribution in [0.4, 0.5) is 8.78 Å². The molecule has 0 spiro atoms. The van der Waals surface area contributed by atoms with Gasteiger partial charge in [0.2, 0.25) is 6.41 Å². The average molecular weight is 509 g/mol. The summed E-state index contributed by atoms with van der Waals surface area (Å²) in [4.78, 5) is 17.5. The fourth-order valence-electron chi connectivity index (χ4n) is 3.98. The van der Waals surface area contributed by atoms with E-state index in [2.05, 4.69) is 48.5 Å². The number of hydrogen-bond acceptors (Lipinski definition) is 5. The van der Waals surface area contributed by atoms with Crippen molar-refractivity contribution in [2.75, 3.05) is 32.7 Å². The van der Waals surface area contributed by atoms with E-state index in [-0.39, 0.29) is 12.6 Å². The van der Waals surface area contributed by atoms with Crippen molar-refractivity contribution in [3.63, 3.8) is 0 Å². The zero-order valence-electron chi connectivity index (χ0n) is 20.8. The molecule has 1 saturated heterocycles. The van der Waals surface area contributed by atoms with E-state index in [1.165, 1.54) is 10.9 Å². The number of halogens is 2. The lowest BCUT2D eigenvalue weighted by molar-refractivity contribution is -0.110. The van der Waals surface area contributed by atoms with Crippen molar-refractivity contribution in [1.82, 2.24) is 20.1 Å². The smallest absolute Gasteiger partial charge is 0.251 e. The summed E-state index contributed by atoms with van der Waals surface area (Å²) < 4.78 is 24.2. The lowest BCUT2D eigenvalue weighted by Gasteiger charge is -2.35.